The molecule has 0 spiro atoms. The van der Waals surface area contributed by atoms with Crippen molar-refractivity contribution in [3.63, 3.8) is 0 Å². The monoisotopic (exact) mass is 254 g/mol. The van der Waals surface area contributed by atoms with Crippen molar-refractivity contribution in [2.24, 2.45) is 0 Å². The molecule has 3 aliphatic heterocycles. The maximum atomic E-state index is 11.9. The first kappa shape index (κ1) is 11.7. The summed E-state index contributed by atoms with van der Waals surface area (Å²) in [7, 11) is 0. The van der Waals surface area contributed by atoms with Crippen molar-refractivity contribution >= 4 is 11.9 Å². The number of rotatable bonds is 4. The van der Waals surface area contributed by atoms with Crippen molar-refractivity contribution in [2.45, 2.75) is 37.4 Å². The van der Waals surface area contributed by atoms with Crippen LogP contribution in [0.1, 0.15) is 19.3 Å². The topological polar surface area (TPSA) is 82.7 Å². The van der Waals surface area contributed by atoms with E-state index in [0.717, 1.165) is 19.4 Å². The summed E-state index contributed by atoms with van der Waals surface area (Å²) in [5, 5.41) is 6.03. The molecule has 0 radical (unpaired) electrons. The largest absolute Gasteiger partial charge is 0.333 e. The standard InChI is InChI=1S/C11H18N4O3/c16-10(14-18-6-8-3-4-12-8)9-2-1-7-5-15(9)11(17)13-7/h7-9,12H,1-6H2,(H,13,17)(H,14,16)/t7-,8-,9-/m0/s1. The van der Waals surface area contributed by atoms with E-state index in [1.807, 2.05) is 0 Å². The van der Waals surface area contributed by atoms with E-state index in [4.69, 9.17) is 4.84 Å². The molecule has 100 valence electrons. The molecule has 3 rings (SSSR count). The Kier molecular flexibility index (Phi) is 3.09. The second-order valence-electron chi connectivity index (χ2n) is 5.11. The van der Waals surface area contributed by atoms with Crippen LogP contribution in [0, 0.1) is 0 Å². The Balaban J connectivity index is 1.47. The van der Waals surface area contributed by atoms with Crippen LogP contribution in [-0.4, -0.2) is 54.7 Å². The summed E-state index contributed by atoms with van der Waals surface area (Å²) in [5.41, 5.74) is 2.45. The van der Waals surface area contributed by atoms with Gasteiger partial charge in [0.05, 0.1) is 6.61 Å². The average molecular weight is 254 g/mol. The molecule has 3 saturated heterocycles. The fraction of sp³-hybridized carbons (Fsp3) is 0.818. The maximum Gasteiger partial charge on any atom is 0.318 e. The van der Waals surface area contributed by atoms with Gasteiger partial charge in [-0.2, -0.15) is 0 Å². The Labute approximate surface area is 105 Å². The van der Waals surface area contributed by atoms with Gasteiger partial charge in [0.25, 0.3) is 5.91 Å². The van der Waals surface area contributed by atoms with Gasteiger partial charge in [0, 0.05) is 18.6 Å². The van der Waals surface area contributed by atoms with Crippen LogP contribution in [0.15, 0.2) is 0 Å². The summed E-state index contributed by atoms with van der Waals surface area (Å²) in [6.07, 6.45) is 2.63. The molecule has 3 aliphatic rings. The molecule has 7 heteroatoms. The lowest BCUT2D eigenvalue weighted by molar-refractivity contribution is -0.139. The number of nitrogens with one attached hydrogen (secondary N) is 3. The molecule has 0 aromatic rings. The van der Waals surface area contributed by atoms with Crippen LogP contribution in [0.2, 0.25) is 0 Å². The number of fused-ring (bicyclic) bond motifs is 2. The molecule has 3 atom stereocenters. The number of amides is 3. The van der Waals surface area contributed by atoms with Crippen molar-refractivity contribution in [2.75, 3.05) is 19.7 Å². The van der Waals surface area contributed by atoms with Crippen LogP contribution in [0.25, 0.3) is 0 Å². The third-order valence-electron chi connectivity index (χ3n) is 3.86. The molecular weight excluding hydrogens is 236 g/mol. The van der Waals surface area contributed by atoms with Crippen molar-refractivity contribution in [1.82, 2.24) is 21.0 Å². The average Bonchev–Trinajstić information content (AvgIpc) is 2.58. The predicted octanol–water partition coefficient (Wildman–Crippen LogP) is -1.05. The van der Waals surface area contributed by atoms with Crippen LogP contribution in [-0.2, 0) is 9.63 Å². The fourth-order valence-corrected chi connectivity index (χ4v) is 2.62. The molecule has 0 saturated carbocycles. The number of carbonyl (C=O) groups is 2. The normalized spacial score (nSPS) is 33.9. The molecule has 3 fully saturated rings. The highest BCUT2D eigenvalue weighted by atomic mass is 16.7. The molecule has 0 aromatic heterocycles. The maximum absolute atomic E-state index is 11.9. The SMILES string of the molecule is O=C(NOC[C@@H]1CCN1)[C@@H]1CC[C@H]2CN1C(=O)N2. The van der Waals surface area contributed by atoms with Crippen molar-refractivity contribution in [3.05, 3.63) is 0 Å². The van der Waals surface area contributed by atoms with E-state index in [1.54, 1.807) is 4.90 Å². The van der Waals surface area contributed by atoms with E-state index in [-0.39, 0.29) is 18.0 Å². The zero-order valence-corrected chi connectivity index (χ0v) is 10.1. The van der Waals surface area contributed by atoms with Gasteiger partial charge in [0.1, 0.15) is 6.04 Å². The number of hydrogen-bond donors (Lipinski definition) is 3. The first-order valence-electron chi connectivity index (χ1n) is 6.46. The van der Waals surface area contributed by atoms with Gasteiger partial charge in [-0.1, -0.05) is 0 Å². The van der Waals surface area contributed by atoms with E-state index in [1.165, 1.54) is 0 Å². The van der Waals surface area contributed by atoms with Gasteiger partial charge in [0.15, 0.2) is 0 Å². The predicted molar refractivity (Wildman–Crippen MR) is 62.6 cm³/mol. The van der Waals surface area contributed by atoms with Gasteiger partial charge in [-0.05, 0) is 25.8 Å². The lowest BCUT2D eigenvalue weighted by atomic mass is 10.0. The van der Waals surface area contributed by atoms with Gasteiger partial charge < -0.3 is 15.5 Å². The Morgan fingerprint density at radius 3 is 3.00 bits per heavy atom. The number of piperidine rings is 1. The highest BCUT2D eigenvalue weighted by Crippen LogP contribution is 2.22. The van der Waals surface area contributed by atoms with Crippen molar-refractivity contribution in [1.29, 1.82) is 0 Å². The smallest absolute Gasteiger partial charge is 0.318 e. The highest BCUT2D eigenvalue weighted by Gasteiger charge is 2.41. The van der Waals surface area contributed by atoms with Gasteiger partial charge in [0.2, 0.25) is 0 Å². The zero-order chi connectivity index (χ0) is 12.5. The van der Waals surface area contributed by atoms with Gasteiger partial charge >= 0.3 is 6.03 Å². The first-order valence-corrected chi connectivity index (χ1v) is 6.46. The van der Waals surface area contributed by atoms with E-state index in [0.29, 0.717) is 25.6 Å². The van der Waals surface area contributed by atoms with Gasteiger partial charge in [-0.3, -0.25) is 9.63 Å². The molecular formula is C11H18N4O3. The fourth-order valence-electron chi connectivity index (χ4n) is 2.62. The van der Waals surface area contributed by atoms with Crippen LogP contribution < -0.4 is 16.1 Å². The molecule has 18 heavy (non-hydrogen) atoms. The second kappa shape index (κ2) is 4.74. The lowest BCUT2D eigenvalue weighted by Crippen LogP contribution is -2.51. The molecule has 3 amide bonds. The number of urea groups is 1. The molecule has 3 N–H and O–H groups in total. The quantitative estimate of drug-likeness (QED) is 0.559. The molecule has 2 bridgehead atoms. The summed E-state index contributed by atoms with van der Waals surface area (Å²) in [5.74, 6) is -0.218. The number of nitrogens with zero attached hydrogens (tertiary/aromatic N) is 1. The summed E-state index contributed by atoms with van der Waals surface area (Å²) < 4.78 is 0. The Morgan fingerprint density at radius 1 is 1.44 bits per heavy atom. The minimum absolute atomic E-state index is 0.140. The zero-order valence-electron chi connectivity index (χ0n) is 10.1. The van der Waals surface area contributed by atoms with E-state index in [9.17, 15) is 9.59 Å². The third-order valence-corrected chi connectivity index (χ3v) is 3.86. The first-order chi connectivity index (χ1) is 8.74. The van der Waals surface area contributed by atoms with Crippen molar-refractivity contribution in [3.8, 4) is 0 Å². The van der Waals surface area contributed by atoms with E-state index >= 15 is 0 Å². The minimum atomic E-state index is -0.391. The van der Waals surface area contributed by atoms with Crippen LogP contribution in [0.5, 0.6) is 0 Å². The Hall–Kier alpha value is -1.34. The molecule has 0 aromatic carbocycles. The van der Waals surface area contributed by atoms with Crippen LogP contribution >= 0.6 is 0 Å². The summed E-state index contributed by atoms with van der Waals surface area (Å²) in [6, 6.07) is 0.0224. The summed E-state index contributed by atoms with van der Waals surface area (Å²) in [6.45, 7) is 2.12. The van der Waals surface area contributed by atoms with Crippen molar-refractivity contribution < 1.29 is 14.4 Å². The molecule has 3 heterocycles. The lowest BCUT2D eigenvalue weighted by Gasteiger charge is -2.30. The van der Waals surface area contributed by atoms with Gasteiger partial charge in [-0.25, -0.2) is 10.3 Å². The second-order valence-corrected chi connectivity index (χ2v) is 5.11. The Bertz CT molecular complexity index is 358. The molecule has 0 aliphatic carbocycles. The van der Waals surface area contributed by atoms with Crippen LogP contribution in [0.4, 0.5) is 4.79 Å². The molecule has 7 nitrogen and oxygen atoms in total. The number of hydroxylamine groups is 1. The van der Waals surface area contributed by atoms with Crippen LogP contribution in [0.3, 0.4) is 0 Å². The number of hydrogen-bond acceptors (Lipinski definition) is 4. The van der Waals surface area contributed by atoms with E-state index < -0.39 is 6.04 Å². The summed E-state index contributed by atoms with van der Waals surface area (Å²) >= 11 is 0. The Morgan fingerprint density at radius 2 is 2.28 bits per heavy atom. The third kappa shape index (κ3) is 2.15. The summed E-state index contributed by atoms with van der Waals surface area (Å²) in [4.78, 5) is 30.3. The van der Waals surface area contributed by atoms with E-state index in [2.05, 4.69) is 16.1 Å². The minimum Gasteiger partial charge on any atom is -0.333 e. The highest BCUT2D eigenvalue weighted by molar-refractivity contribution is 5.88. The molecule has 0 unspecified atom stereocenters. The van der Waals surface area contributed by atoms with Gasteiger partial charge in [-0.15, -0.1) is 0 Å². The number of carbonyl (C=O) groups excluding carboxylic acids is 2.